The van der Waals surface area contributed by atoms with E-state index in [2.05, 4.69) is 97.1 Å². The Morgan fingerprint density at radius 1 is 0.407 bits per heavy atom. The number of hydrogen-bond donors (Lipinski definition) is 0. The summed E-state index contributed by atoms with van der Waals surface area (Å²) in [6.45, 7) is 0. The van der Waals surface area contributed by atoms with Crippen LogP contribution in [-0.2, 0) is 0 Å². The normalized spacial score (nSPS) is 11.1. The summed E-state index contributed by atoms with van der Waals surface area (Å²) in [5, 5.41) is 5.66. The summed E-state index contributed by atoms with van der Waals surface area (Å²) in [5.74, 6) is 0. The van der Waals surface area contributed by atoms with Crippen molar-refractivity contribution in [2.24, 2.45) is 0 Å². The largest absolute Gasteiger partial charge is 0.0843 e. The van der Waals surface area contributed by atoms with Crippen molar-refractivity contribution < 1.29 is 0 Å². The first-order valence-electron chi connectivity index (χ1n) is 9.08. The maximum absolute atomic E-state index is 6.37. The molecule has 0 amide bonds. The molecule has 0 spiro atoms. The Balaban J connectivity index is 2.06. The minimum Gasteiger partial charge on any atom is -0.0843 e. The second-order valence-corrected chi connectivity index (χ2v) is 7.15. The van der Waals surface area contributed by atoms with Crippen LogP contribution in [-0.4, -0.2) is 0 Å². The third kappa shape index (κ3) is 2.70. The fourth-order valence-corrected chi connectivity index (χ4v) is 4.14. The van der Waals surface area contributed by atoms with Crippen LogP contribution >= 0.6 is 11.6 Å². The first-order valence-corrected chi connectivity index (χ1v) is 9.45. The average Bonchev–Trinajstić information content (AvgIpc) is 2.74. The van der Waals surface area contributed by atoms with Gasteiger partial charge in [-0.2, -0.15) is 0 Å². The smallest absolute Gasteiger partial charge is 0.0412 e. The maximum Gasteiger partial charge on any atom is 0.0412 e. The molecule has 0 heterocycles. The molecule has 0 fully saturated rings. The van der Waals surface area contributed by atoms with Crippen LogP contribution < -0.4 is 0 Å². The Morgan fingerprint density at radius 2 is 0.889 bits per heavy atom. The van der Waals surface area contributed by atoms with E-state index >= 15 is 0 Å². The zero-order chi connectivity index (χ0) is 18.2. The molecule has 5 aromatic carbocycles. The van der Waals surface area contributed by atoms with Crippen molar-refractivity contribution in [3.8, 4) is 22.3 Å². The van der Waals surface area contributed by atoms with E-state index in [1.54, 1.807) is 0 Å². The molecule has 27 heavy (non-hydrogen) atoms. The number of rotatable bonds is 2. The Hall–Kier alpha value is -3.09. The van der Waals surface area contributed by atoms with Crippen molar-refractivity contribution in [3.63, 3.8) is 0 Å². The summed E-state index contributed by atoms with van der Waals surface area (Å²) >= 11 is 6.37. The molecule has 0 radical (unpaired) electrons. The molecular weight excluding hydrogens is 348 g/mol. The Labute approximate surface area is 163 Å². The van der Waals surface area contributed by atoms with E-state index < -0.39 is 0 Å². The molecule has 0 aliphatic rings. The van der Waals surface area contributed by atoms with E-state index in [0.717, 1.165) is 5.02 Å². The minimum atomic E-state index is 0.763. The summed E-state index contributed by atoms with van der Waals surface area (Å²) in [6, 6.07) is 36.1. The Morgan fingerprint density at radius 3 is 1.48 bits per heavy atom. The number of hydrogen-bond acceptors (Lipinski definition) is 0. The van der Waals surface area contributed by atoms with Crippen LogP contribution in [0.25, 0.3) is 43.8 Å². The van der Waals surface area contributed by atoms with Crippen LogP contribution in [0, 0.1) is 0 Å². The molecule has 0 atom stereocenters. The van der Waals surface area contributed by atoms with Gasteiger partial charge in [0.15, 0.2) is 0 Å². The van der Waals surface area contributed by atoms with Gasteiger partial charge in [-0.25, -0.2) is 0 Å². The second kappa shape index (κ2) is 6.57. The van der Waals surface area contributed by atoms with Gasteiger partial charge in [-0.05, 0) is 55.9 Å². The van der Waals surface area contributed by atoms with Gasteiger partial charge in [0.05, 0.1) is 0 Å². The molecule has 0 saturated heterocycles. The van der Waals surface area contributed by atoms with Crippen LogP contribution in [0.3, 0.4) is 0 Å². The first kappa shape index (κ1) is 16.1. The third-order valence-electron chi connectivity index (χ3n) is 5.11. The lowest BCUT2D eigenvalue weighted by molar-refractivity contribution is 1.63. The van der Waals surface area contributed by atoms with E-state index in [0.29, 0.717) is 0 Å². The quantitative estimate of drug-likeness (QED) is 0.278. The molecule has 0 aromatic heterocycles. The molecule has 1 heteroatoms. The fourth-order valence-electron chi connectivity index (χ4n) is 3.97. The lowest BCUT2D eigenvalue weighted by atomic mass is 9.85. The van der Waals surface area contributed by atoms with Crippen molar-refractivity contribution in [2.45, 2.75) is 0 Å². The molecular formula is C26H17Cl. The van der Waals surface area contributed by atoms with Crippen LogP contribution in [0.4, 0.5) is 0 Å². The highest BCUT2D eigenvalue weighted by molar-refractivity contribution is 6.32. The van der Waals surface area contributed by atoms with Crippen LogP contribution in [0.5, 0.6) is 0 Å². The van der Waals surface area contributed by atoms with Gasteiger partial charge in [-0.15, -0.1) is 0 Å². The van der Waals surface area contributed by atoms with Crippen molar-refractivity contribution in [3.05, 3.63) is 108 Å². The van der Waals surface area contributed by atoms with E-state index in [-0.39, 0.29) is 0 Å². The van der Waals surface area contributed by atoms with Gasteiger partial charge in [0.25, 0.3) is 0 Å². The van der Waals surface area contributed by atoms with E-state index in [4.69, 9.17) is 11.6 Å². The Bertz CT molecular complexity index is 1260. The molecule has 0 saturated carbocycles. The van der Waals surface area contributed by atoms with Gasteiger partial charge in [0, 0.05) is 5.02 Å². The molecule has 0 nitrogen and oxygen atoms in total. The van der Waals surface area contributed by atoms with Crippen LogP contribution in [0.2, 0.25) is 5.02 Å². The fraction of sp³-hybridized carbons (Fsp3) is 0. The highest BCUT2D eigenvalue weighted by atomic mass is 35.5. The summed E-state index contributed by atoms with van der Waals surface area (Å²) in [5.41, 5.74) is 4.97. The van der Waals surface area contributed by atoms with E-state index in [9.17, 15) is 0 Å². The highest BCUT2D eigenvalue weighted by Gasteiger charge is 2.17. The van der Waals surface area contributed by atoms with E-state index in [1.807, 2.05) is 6.07 Å². The molecule has 0 aliphatic heterocycles. The molecule has 0 N–H and O–H groups in total. The molecule has 0 unspecified atom stereocenters. The van der Waals surface area contributed by atoms with Gasteiger partial charge in [-0.1, -0.05) is 103 Å². The zero-order valence-electron chi connectivity index (χ0n) is 14.7. The molecule has 5 aromatic rings. The minimum absolute atomic E-state index is 0.763. The van der Waals surface area contributed by atoms with Crippen LogP contribution in [0.1, 0.15) is 0 Å². The topological polar surface area (TPSA) is 0 Å². The van der Waals surface area contributed by atoms with Gasteiger partial charge in [0.2, 0.25) is 0 Å². The zero-order valence-corrected chi connectivity index (χ0v) is 15.4. The standard InChI is InChI=1S/C26H17Cl/c27-20-15-16-23-24(17-20)21-13-7-8-14-22(21)25(18-9-3-1-4-10-18)26(23)19-11-5-2-6-12-19/h1-17H. The van der Waals surface area contributed by atoms with Crippen molar-refractivity contribution in [2.75, 3.05) is 0 Å². The molecule has 5 rings (SSSR count). The summed E-state index contributed by atoms with van der Waals surface area (Å²) in [4.78, 5) is 0. The first-order chi connectivity index (χ1) is 13.3. The number of halogens is 1. The van der Waals surface area contributed by atoms with E-state index in [1.165, 1.54) is 43.8 Å². The SMILES string of the molecule is Clc1ccc2c(-c3ccccc3)c(-c3ccccc3)c3ccccc3c2c1. The third-order valence-corrected chi connectivity index (χ3v) is 5.35. The predicted octanol–water partition coefficient (Wildman–Crippen LogP) is 7.98. The summed E-state index contributed by atoms with van der Waals surface area (Å²) in [7, 11) is 0. The lowest BCUT2D eigenvalue weighted by Crippen LogP contribution is -1.91. The number of fused-ring (bicyclic) bond motifs is 3. The lowest BCUT2D eigenvalue weighted by Gasteiger charge is -2.18. The monoisotopic (exact) mass is 364 g/mol. The van der Waals surface area contributed by atoms with Crippen molar-refractivity contribution in [1.82, 2.24) is 0 Å². The van der Waals surface area contributed by atoms with Crippen LogP contribution in [0.15, 0.2) is 103 Å². The van der Waals surface area contributed by atoms with Gasteiger partial charge < -0.3 is 0 Å². The summed E-state index contributed by atoms with van der Waals surface area (Å²) < 4.78 is 0. The van der Waals surface area contributed by atoms with Gasteiger partial charge >= 0.3 is 0 Å². The number of benzene rings is 5. The van der Waals surface area contributed by atoms with Crippen molar-refractivity contribution >= 4 is 33.1 Å². The predicted molar refractivity (Wildman–Crippen MR) is 117 cm³/mol. The molecule has 128 valence electrons. The molecule has 0 aliphatic carbocycles. The second-order valence-electron chi connectivity index (χ2n) is 6.72. The Kier molecular flexibility index (Phi) is 3.92. The highest BCUT2D eigenvalue weighted by Crippen LogP contribution is 2.44. The average molecular weight is 365 g/mol. The van der Waals surface area contributed by atoms with Gasteiger partial charge in [0.1, 0.15) is 0 Å². The summed E-state index contributed by atoms with van der Waals surface area (Å²) in [6.07, 6.45) is 0. The maximum atomic E-state index is 6.37. The molecule has 0 bridgehead atoms. The van der Waals surface area contributed by atoms with Crippen molar-refractivity contribution in [1.29, 1.82) is 0 Å². The van der Waals surface area contributed by atoms with Gasteiger partial charge in [-0.3, -0.25) is 0 Å².